The number of esters is 4. The monoisotopic (exact) mass is 1440 g/mol. The van der Waals surface area contributed by atoms with Crippen molar-refractivity contribution in [1.82, 2.24) is 16.0 Å². The predicted molar refractivity (Wildman–Crippen MR) is 376 cm³/mol. The van der Waals surface area contributed by atoms with Crippen molar-refractivity contribution in [1.29, 1.82) is 0 Å². The summed E-state index contributed by atoms with van der Waals surface area (Å²) >= 11 is 0. The number of carbonyl (C=O) groups is 10. The number of ether oxygens (including phenoxy) is 13. The average Bonchev–Trinajstić information content (AvgIpc) is 0.835. The molecule has 0 saturated carbocycles. The third kappa shape index (κ3) is 28.9. The van der Waals surface area contributed by atoms with Gasteiger partial charge in [0.15, 0.2) is 56.2 Å². The van der Waals surface area contributed by atoms with Crippen LogP contribution < -0.4 is 30.2 Å². The maximum Gasteiger partial charge on any atom is 0.338 e. The molecule has 3 heterocycles. The summed E-state index contributed by atoms with van der Waals surface area (Å²) in [6, 6.07) is 18.3. The first-order chi connectivity index (χ1) is 49.1. The minimum atomic E-state index is -0.759. The summed E-state index contributed by atoms with van der Waals surface area (Å²) in [7, 11) is 0. The summed E-state index contributed by atoms with van der Waals surface area (Å²) in [6.45, 7) is 21.7. The zero-order chi connectivity index (χ0) is 75.1. The maximum absolute atomic E-state index is 13.9. The molecule has 26 nitrogen and oxygen atoms in total. The average molecular weight is 1440 g/mol. The Morgan fingerprint density at radius 3 is 1.17 bits per heavy atom. The first kappa shape index (κ1) is 84.1. The molecule has 0 aromatic heterocycles. The fraction of sp³-hybridized carbons (Fsp3) is 0.636. The van der Waals surface area contributed by atoms with E-state index in [0.717, 1.165) is 5.56 Å². The topological polar surface area (TPSA) is 327 Å². The van der Waals surface area contributed by atoms with E-state index in [0.29, 0.717) is 49.7 Å². The summed E-state index contributed by atoms with van der Waals surface area (Å²) < 4.78 is 76.4. The van der Waals surface area contributed by atoms with Crippen molar-refractivity contribution in [2.24, 2.45) is 35.5 Å². The van der Waals surface area contributed by atoms with Gasteiger partial charge in [-0.15, -0.1) is 0 Å². The van der Waals surface area contributed by atoms with Gasteiger partial charge in [-0.2, -0.15) is 0 Å². The Labute approximate surface area is 605 Å². The van der Waals surface area contributed by atoms with Gasteiger partial charge in [0.2, 0.25) is 5.91 Å². The van der Waals surface area contributed by atoms with Gasteiger partial charge in [0.05, 0.1) is 43.7 Å². The zero-order valence-electron chi connectivity index (χ0n) is 62.0. The molecule has 3 aliphatic heterocycles. The number of ketones is 3. The van der Waals surface area contributed by atoms with E-state index in [1.54, 1.807) is 36.4 Å². The van der Waals surface area contributed by atoms with Crippen molar-refractivity contribution in [3.8, 4) is 28.4 Å². The number of carbonyl (C=O) groups excluding carboxylic acids is 10. The number of nitrogens with one attached hydrogen (secondary N) is 3. The molecule has 3 saturated heterocycles. The van der Waals surface area contributed by atoms with Crippen LogP contribution in [0.5, 0.6) is 17.2 Å². The number of Topliss-reactive ketones (excluding diaryl/α,β-unsaturated/α-hetero) is 3. The molecule has 0 bridgehead atoms. The Morgan fingerprint density at radius 2 is 0.748 bits per heavy atom. The molecule has 3 aromatic rings. The van der Waals surface area contributed by atoms with E-state index in [-0.39, 0.29) is 191 Å². The lowest BCUT2D eigenvalue weighted by Gasteiger charge is -2.42. The lowest BCUT2D eigenvalue weighted by Crippen LogP contribution is -2.51. The summed E-state index contributed by atoms with van der Waals surface area (Å²) in [5.74, 6) is -2.77. The molecule has 3 fully saturated rings. The zero-order valence-corrected chi connectivity index (χ0v) is 62.0. The molecular formula is C77H109N3O23. The highest BCUT2D eigenvalue weighted by molar-refractivity contribution is 5.92. The van der Waals surface area contributed by atoms with E-state index in [9.17, 15) is 47.9 Å². The third-order valence-electron chi connectivity index (χ3n) is 19.2. The van der Waals surface area contributed by atoms with Crippen molar-refractivity contribution < 1.29 is 110 Å². The summed E-state index contributed by atoms with van der Waals surface area (Å²) in [5, 5.41) is 8.39. The predicted octanol–water partition coefficient (Wildman–Crippen LogP) is 9.48. The number of rotatable bonds is 43. The number of amides is 3. The molecule has 0 radical (unpaired) electrons. The van der Waals surface area contributed by atoms with E-state index in [1.165, 1.54) is 32.9 Å². The molecular weight excluding hydrogens is 1330 g/mol. The standard InChI is InChI=1S/C77H109N3O23/c1-46-49(4)71(101-55(10)81)75(98-52(46)7)91-33-19-27-62(84)24-16-31-79-69(88)44-95-66-38-60(39-67(41-66)96-45-70(89)80-32-17-25-63(85)28-20-34-92-76-72(102-56(11)82)50(5)47(2)53(8)99-76)59-36-61(74(90)97-42-58-22-14-13-15-23-58)40-65(37-59)94-43-64(86)26-18-30-78-68(87)29-21-35-93-77-73(103-57(12)83)51(6)48(3)54(9)100-77/h13-15,22-23,36-41,46-54,71-73,75-77H,16-21,24-35,42-45H2,1-12H3,(H,78,87)(H,79,88)(H,80,89)/t46-,47-,48-,49?,50?,51?,52+,53+,54+,71+,72+,73+,75?,76?,77?/m1/s1. The molecule has 6 unspecified atom stereocenters. The second kappa shape index (κ2) is 43.4. The lowest BCUT2D eigenvalue weighted by atomic mass is 9.84. The van der Waals surface area contributed by atoms with Crippen molar-refractivity contribution in [2.75, 3.05) is 59.3 Å². The van der Waals surface area contributed by atoms with Crippen LogP contribution >= 0.6 is 0 Å². The Morgan fingerprint density at radius 1 is 0.388 bits per heavy atom. The fourth-order valence-corrected chi connectivity index (χ4v) is 12.2. The van der Waals surface area contributed by atoms with Crippen LogP contribution in [0.15, 0.2) is 66.7 Å². The number of hydrogen-bond donors (Lipinski definition) is 3. The fourth-order valence-electron chi connectivity index (χ4n) is 12.2. The van der Waals surface area contributed by atoms with Gasteiger partial charge in [-0.05, 0) is 124 Å². The Hall–Kier alpha value is -7.88. The molecule has 6 rings (SSSR count). The van der Waals surface area contributed by atoms with Crippen molar-refractivity contribution in [2.45, 2.75) is 222 Å². The summed E-state index contributed by atoms with van der Waals surface area (Å²) in [5.41, 5.74) is 1.55. The van der Waals surface area contributed by atoms with Crippen LogP contribution in [0.4, 0.5) is 0 Å². The van der Waals surface area contributed by atoms with E-state index < -0.39 is 86.1 Å². The summed E-state index contributed by atoms with van der Waals surface area (Å²) in [4.78, 5) is 128. The van der Waals surface area contributed by atoms with E-state index in [2.05, 4.69) is 16.0 Å². The van der Waals surface area contributed by atoms with Crippen LogP contribution in [0.1, 0.15) is 176 Å². The lowest BCUT2D eigenvalue weighted by molar-refractivity contribution is -0.271. The minimum Gasteiger partial charge on any atom is -0.486 e. The molecule has 570 valence electrons. The van der Waals surface area contributed by atoms with Gasteiger partial charge in [-0.25, -0.2) is 4.79 Å². The van der Waals surface area contributed by atoms with Gasteiger partial charge in [-0.3, -0.25) is 43.2 Å². The highest BCUT2D eigenvalue weighted by Gasteiger charge is 2.45. The molecule has 3 amide bonds. The molecule has 0 aliphatic carbocycles. The van der Waals surface area contributed by atoms with E-state index in [4.69, 9.17) is 61.6 Å². The van der Waals surface area contributed by atoms with Crippen molar-refractivity contribution >= 4 is 58.9 Å². The summed E-state index contributed by atoms with van der Waals surface area (Å²) in [6.07, 6.45) is -1.05. The Bertz CT molecular complexity index is 3150. The van der Waals surface area contributed by atoms with Gasteiger partial charge in [0.1, 0.15) is 42.0 Å². The second-order valence-electron chi connectivity index (χ2n) is 27.3. The quantitative estimate of drug-likeness (QED) is 0.0270. The molecule has 103 heavy (non-hydrogen) atoms. The van der Waals surface area contributed by atoms with Crippen LogP contribution in [0, 0.1) is 35.5 Å². The van der Waals surface area contributed by atoms with Crippen LogP contribution in [-0.2, 0) is 97.1 Å². The molecule has 3 N–H and O–H groups in total. The molecule has 15 atom stereocenters. The highest BCUT2D eigenvalue weighted by atomic mass is 16.7. The Balaban J connectivity index is 1.05. The first-order valence-electron chi connectivity index (χ1n) is 36.2. The normalized spacial score (nSPS) is 24.5. The molecule has 26 heteroatoms. The van der Waals surface area contributed by atoms with Gasteiger partial charge in [0, 0.05) is 103 Å². The van der Waals surface area contributed by atoms with Crippen LogP contribution in [0.25, 0.3) is 11.1 Å². The van der Waals surface area contributed by atoms with Gasteiger partial charge < -0.3 is 77.5 Å². The van der Waals surface area contributed by atoms with Crippen LogP contribution in [0.3, 0.4) is 0 Å². The largest absolute Gasteiger partial charge is 0.486 e. The van der Waals surface area contributed by atoms with Gasteiger partial charge in [-0.1, -0.05) is 71.9 Å². The van der Waals surface area contributed by atoms with Crippen LogP contribution in [0.2, 0.25) is 0 Å². The molecule has 0 spiro atoms. The molecule has 3 aromatic carbocycles. The van der Waals surface area contributed by atoms with E-state index in [1.807, 2.05) is 80.5 Å². The second-order valence-corrected chi connectivity index (χ2v) is 27.3. The van der Waals surface area contributed by atoms with Crippen LogP contribution in [-0.4, -0.2) is 174 Å². The SMILES string of the molecule is CC(=O)O[C@@H]1C(OCCCC(=O)CCCNC(=O)COc2cc(OCC(=O)NCCCC(=O)CCCOC3O[C@@H](C)[C@H](C)C(C)[C@@H]3OC(C)=O)cc(-c3cc(OCC(=O)CCCNC(=O)CCCOC4O[C@@H](C)[C@H](C)C(C)[C@@H]4OC(C)=O)cc(C(=O)OCc4ccccc4)c3)c2)O[C@@H](C)[C@H](C)C1C. The van der Waals surface area contributed by atoms with E-state index >= 15 is 0 Å². The van der Waals surface area contributed by atoms with Gasteiger partial charge in [0.25, 0.3) is 11.8 Å². The number of benzene rings is 3. The number of hydrogen-bond acceptors (Lipinski definition) is 23. The van der Waals surface area contributed by atoms with Crippen molar-refractivity contribution in [3.05, 3.63) is 77.9 Å². The molecule has 3 aliphatic rings. The maximum atomic E-state index is 13.9. The smallest absolute Gasteiger partial charge is 0.338 e. The van der Waals surface area contributed by atoms with Gasteiger partial charge >= 0.3 is 23.9 Å². The highest BCUT2D eigenvalue weighted by Crippen LogP contribution is 2.37. The Kier molecular flexibility index (Phi) is 35.4. The third-order valence-corrected chi connectivity index (χ3v) is 19.2. The minimum absolute atomic E-state index is 0.000491. The first-order valence-corrected chi connectivity index (χ1v) is 36.2. The van der Waals surface area contributed by atoms with Crippen molar-refractivity contribution in [3.63, 3.8) is 0 Å².